The summed E-state index contributed by atoms with van der Waals surface area (Å²) in [6.45, 7) is 2.62. The highest BCUT2D eigenvalue weighted by atomic mass is 19.1. The lowest BCUT2D eigenvalue weighted by molar-refractivity contribution is 0.242. The molecule has 1 fully saturated rings. The highest BCUT2D eigenvalue weighted by molar-refractivity contribution is 5.37. The minimum Gasteiger partial charge on any atom is -0.318 e. The van der Waals surface area contributed by atoms with Gasteiger partial charge in [0.15, 0.2) is 0 Å². The predicted molar refractivity (Wildman–Crippen MR) is 68.5 cm³/mol. The van der Waals surface area contributed by atoms with E-state index in [1.54, 1.807) is 6.07 Å². The van der Waals surface area contributed by atoms with Crippen molar-refractivity contribution in [3.05, 3.63) is 35.1 Å². The van der Waals surface area contributed by atoms with E-state index in [0.717, 1.165) is 25.1 Å². The maximum absolute atomic E-state index is 13.3. The lowest BCUT2D eigenvalue weighted by Crippen LogP contribution is -2.36. The first-order chi connectivity index (χ1) is 8.74. The fraction of sp³-hybridized carbons (Fsp3) is 0.500. The lowest BCUT2D eigenvalue weighted by atomic mass is 10.1. The van der Waals surface area contributed by atoms with Crippen molar-refractivity contribution in [2.24, 2.45) is 0 Å². The summed E-state index contributed by atoms with van der Waals surface area (Å²) in [5.41, 5.74) is 1.37. The van der Waals surface area contributed by atoms with Crippen molar-refractivity contribution in [2.75, 3.05) is 20.1 Å². The molecule has 0 saturated carbocycles. The Morgan fingerprint density at radius 3 is 3.11 bits per heavy atom. The van der Waals surface area contributed by atoms with Gasteiger partial charge in [-0.15, -0.1) is 0 Å². The van der Waals surface area contributed by atoms with Crippen molar-refractivity contribution >= 4 is 0 Å². The van der Waals surface area contributed by atoms with Crippen molar-refractivity contribution < 1.29 is 4.39 Å². The average Bonchev–Trinajstić information content (AvgIpc) is 2.78. The third-order valence-corrected chi connectivity index (χ3v) is 3.50. The highest BCUT2D eigenvalue weighted by Gasteiger charge is 2.24. The maximum Gasteiger partial charge on any atom is 0.123 e. The molecule has 1 atom stereocenters. The van der Waals surface area contributed by atoms with E-state index in [0.29, 0.717) is 18.2 Å². The zero-order valence-electron chi connectivity index (χ0n) is 10.6. The molecule has 0 radical (unpaired) electrons. The van der Waals surface area contributed by atoms with Crippen molar-refractivity contribution in [3.63, 3.8) is 0 Å². The predicted octanol–water partition coefficient (Wildman–Crippen LogP) is 1.88. The number of likely N-dealkylation sites (tertiary alicyclic amines) is 1. The standard InChI is InChI=1S/C14H18FN3/c1-17-9-14-3-2-6-18(14)10-12-7-13(15)5-4-11(12)8-16/h4-5,7,14,17H,2-3,6,9-10H2,1H3. The van der Waals surface area contributed by atoms with Crippen LogP contribution in [0.4, 0.5) is 4.39 Å². The monoisotopic (exact) mass is 247 g/mol. The summed E-state index contributed by atoms with van der Waals surface area (Å²) < 4.78 is 13.3. The number of hydrogen-bond acceptors (Lipinski definition) is 3. The molecule has 1 N–H and O–H groups in total. The zero-order chi connectivity index (χ0) is 13.0. The molecule has 1 unspecified atom stereocenters. The number of likely N-dealkylation sites (N-methyl/N-ethyl adjacent to an activating group) is 1. The van der Waals surface area contributed by atoms with Crippen LogP contribution in [0.3, 0.4) is 0 Å². The topological polar surface area (TPSA) is 39.1 Å². The van der Waals surface area contributed by atoms with Gasteiger partial charge < -0.3 is 5.32 Å². The Hall–Kier alpha value is -1.44. The second kappa shape index (κ2) is 5.94. The van der Waals surface area contributed by atoms with E-state index in [2.05, 4.69) is 16.3 Å². The van der Waals surface area contributed by atoms with Gasteiger partial charge in [-0.05, 0) is 50.2 Å². The quantitative estimate of drug-likeness (QED) is 0.883. The highest BCUT2D eigenvalue weighted by Crippen LogP contribution is 2.21. The summed E-state index contributed by atoms with van der Waals surface area (Å²) in [6, 6.07) is 7.01. The molecule has 1 heterocycles. The number of benzene rings is 1. The van der Waals surface area contributed by atoms with Gasteiger partial charge in [0.05, 0.1) is 11.6 Å². The first-order valence-corrected chi connectivity index (χ1v) is 6.31. The van der Waals surface area contributed by atoms with Crippen molar-refractivity contribution in [2.45, 2.75) is 25.4 Å². The van der Waals surface area contributed by atoms with Crippen LogP contribution >= 0.6 is 0 Å². The van der Waals surface area contributed by atoms with Crippen LogP contribution < -0.4 is 5.32 Å². The molecule has 1 saturated heterocycles. The molecule has 2 rings (SSSR count). The molecule has 1 aromatic rings. The van der Waals surface area contributed by atoms with Crippen LogP contribution in [0, 0.1) is 17.1 Å². The number of halogens is 1. The van der Waals surface area contributed by atoms with Crippen LogP contribution in [-0.2, 0) is 6.54 Å². The molecule has 1 aliphatic rings. The maximum atomic E-state index is 13.3. The summed E-state index contributed by atoms with van der Waals surface area (Å²) in [6.07, 6.45) is 2.33. The minimum absolute atomic E-state index is 0.270. The molecule has 0 bridgehead atoms. The Morgan fingerprint density at radius 1 is 1.56 bits per heavy atom. The molecular formula is C14H18FN3. The van der Waals surface area contributed by atoms with E-state index in [1.165, 1.54) is 18.6 Å². The van der Waals surface area contributed by atoms with Gasteiger partial charge in [0.2, 0.25) is 0 Å². The fourth-order valence-electron chi connectivity index (χ4n) is 2.59. The molecular weight excluding hydrogens is 229 g/mol. The molecule has 0 spiro atoms. The van der Waals surface area contributed by atoms with Gasteiger partial charge in [-0.2, -0.15) is 5.26 Å². The van der Waals surface area contributed by atoms with E-state index < -0.39 is 0 Å². The largest absolute Gasteiger partial charge is 0.318 e. The first-order valence-electron chi connectivity index (χ1n) is 6.31. The molecule has 18 heavy (non-hydrogen) atoms. The van der Waals surface area contributed by atoms with E-state index in [-0.39, 0.29) is 5.82 Å². The zero-order valence-corrected chi connectivity index (χ0v) is 10.6. The summed E-state index contributed by atoms with van der Waals surface area (Å²) in [5.74, 6) is -0.270. The Bertz CT molecular complexity index is 453. The summed E-state index contributed by atoms with van der Waals surface area (Å²) >= 11 is 0. The number of nitrogens with one attached hydrogen (secondary N) is 1. The molecule has 0 amide bonds. The first kappa shape index (κ1) is 13.0. The minimum atomic E-state index is -0.270. The number of nitriles is 1. The fourth-order valence-corrected chi connectivity index (χ4v) is 2.59. The Labute approximate surface area is 107 Å². The number of rotatable bonds is 4. The van der Waals surface area contributed by atoms with E-state index in [9.17, 15) is 4.39 Å². The van der Waals surface area contributed by atoms with Gasteiger partial charge in [0.25, 0.3) is 0 Å². The van der Waals surface area contributed by atoms with Crippen LogP contribution in [0.25, 0.3) is 0 Å². The Morgan fingerprint density at radius 2 is 2.39 bits per heavy atom. The summed E-state index contributed by atoms with van der Waals surface area (Å²) in [5, 5.41) is 12.2. The third-order valence-electron chi connectivity index (χ3n) is 3.50. The summed E-state index contributed by atoms with van der Waals surface area (Å²) in [4.78, 5) is 2.33. The molecule has 3 nitrogen and oxygen atoms in total. The Balaban J connectivity index is 2.13. The van der Waals surface area contributed by atoms with Crippen LogP contribution in [0.5, 0.6) is 0 Å². The van der Waals surface area contributed by atoms with E-state index >= 15 is 0 Å². The van der Waals surface area contributed by atoms with Crippen molar-refractivity contribution in [1.29, 1.82) is 5.26 Å². The van der Waals surface area contributed by atoms with Gasteiger partial charge in [0, 0.05) is 19.1 Å². The molecule has 4 heteroatoms. The molecule has 1 aliphatic heterocycles. The smallest absolute Gasteiger partial charge is 0.123 e. The van der Waals surface area contributed by atoms with Crippen LogP contribution in [0.15, 0.2) is 18.2 Å². The van der Waals surface area contributed by atoms with Gasteiger partial charge in [-0.1, -0.05) is 0 Å². The second-order valence-electron chi connectivity index (χ2n) is 4.74. The molecule has 0 aliphatic carbocycles. The lowest BCUT2D eigenvalue weighted by Gasteiger charge is -2.24. The van der Waals surface area contributed by atoms with Crippen LogP contribution in [0.2, 0.25) is 0 Å². The summed E-state index contributed by atoms with van der Waals surface area (Å²) in [7, 11) is 1.94. The normalized spacial score (nSPS) is 19.9. The van der Waals surface area contributed by atoms with Gasteiger partial charge in [0.1, 0.15) is 5.82 Å². The van der Waals surface area contributed by atoms with E-state index in [4.69, 9.17) is 5.26 Å². The van der Waals surface area contributed by atoms with Crippen molar-refractivity contribution in [1.82, 2.24) is 10.2 Å². The second-order valence-corrected chi connectivity index (χ2v) is 4.74. The average molecular weight is 247 g/mol. The van der Waals surface area contributed by atoms with Gasteiger partial charge >= 0.3 is 0 Å². The third kappa shape index (κ3) is 2.87. The van der Waals surface area contributed by atoms with Crippen LogP contribution in [0.1, 0.15) is 24.0 Å². The van der Waals surface area contributed by atoms with Gasteiger partial charge in [-0.25, -0.2) is 4.39 Å². The number of hydrogen-bond donors (Lipinski definition) is 1. The Kier molecular flexibility index (Phi) is 4.29. The molecule has 1 aromatic carbocycles. The van der Waals surface area contributed by atoms with E-state index in [1.807, 2.05) is 7.05 Å². The number of nitrogens with zero attached hydrogens (tertiary/aromatic N) is 2. The molecule has 96 valence electrons. The van der Waals surface area contributed by atoms with Crippen LogP contribution in [-0.4, -0.2) is 31.1 Å². The SMILES string of the molecule is CNCC1CCCN1Cc1cc(F)ccc1C#N. The van der Waals surface area contributed by atoms with Crippen molar-refractivity contribution in [3.8, 4) is 6.07 Å². The molecule has 0 aromatic heterocycles. The van der Waals surface area contributed by atoms with Gasteiger partial charge in [-0.3, -0.25) is 4.90 Å².